The van der Waals surface area contributed by atoms with Crippen molar-refractivity contribution in [1.82, 2.24) is 0 Å². The molecule has 0 aliphatic carbocycles. The molecule has 0 saturated carbocycles. The highest BCUT2D eigenvalue weighted by Gasteiger charge is 2.21. The Bertz CT molecular complexity index is 443. The van der Waals surface area contributed by atoms with Crippen molar-refractivity contribution in [3.05, 3.63) is 34.9 Å². The van der Waals surface area contributed by atoms with Gasteiger partial charge in [0.15, 0.2) is 5.78 Å². The second-order valence-electron chi connectivity index (χ2n) is 4.78. The minimum atomic E-state index is -1.12. The van der Waals surface area contributed by atoms with Gasteiger partial charge in [-0.15, -0.1) is 0 Å². The molecule has 0 fully saturated rings. The molecule has 2 nitrogen and oxygen atoms in total. The first-order valence-electron chi connectivity index (χ1n) is 6.08. The van der Waals surface area contributed by atoms with Crippen LogP contribution in [-0.2, 0) is 10.8 Å². The van der Waals surface area contributed by atoms with E-state index in [0.29, 0.717) is 22.3 Å². The number of halogens is 1. The van der Waals surface area contributed by atoms with Crippen LogP contribution < -0.4 is 0 Å². The fourth-order valence-electron chi connectivity index (χ4n) is 1.52. The molecule has 4 heteroatoms. The molecule has 1 rings (SSSR count). The summed E-state index contributed by atoms with van der Waals surface area (Å²) in [5.74, 6) is 0.979. The highest BCUT2D eigenvalue weighted by atomic mass is 35.5. The van der Waals surface area contributed by atoms with Crippen LogP contribution in [0.3, 0.4) is 0 Å². The van der Waals surface area contributed by atoms with E-state index < -0.39 is 16.0 Å². The van der Waals surface area contributed by atoms with Crippen molar-refractivity contribution in [2.45, 2.75) is 32.4 Å². The van der Waals surface area contributed by atoms with Gasteiger partial charge >= 0.3 is 0 Å². The van der Waals surface area contributed by atoms with Crippen LogP contribution >= 0.6 is 11.6 Å². The van der Waals surface area contributed by atoms with E-state index in [4.69, 9.17) is 11.6 Å². The van der Waals surface area contributed by atoms with Crippen LogP contribution in [0.4, 0.5) is 0 Å². The van der Waals surface area contributed by atoms with Crippen molar-refractivity contribution in [1.29, 1.82) is 0 Å². The van der Waals surface area contributed by atoms with Gasteiger partial charge in [-0.1, -0.05) is 37.6 Å². The molecule has 0 bridgehead atoms. The minimum Gasteiger partial charge on any atom is -0.293 e. The third-order valence-corrected chi connectivity index (χ3v) is 4.65. The van der Waals surface area contributed by atoms with Crippen molar-refractivity contribution < 1.29 is 9.00 Å². The third kappa shape index (κ3) is 4.54. The summed E-state index contributed by atoms with van der Waals surface area (Å²) in [7, 11) is -1.12. The quantitative estimate of drug-likeness (QED) is 0.747. The van der Waals surface area contributed by atoms with Crippen LogP contribution in [0, 0.1) is 5.92 Å². The van der Waals surface area contributed by atoms with Crippen molar-refractivity contribution in [2.75, 3.05) is 5.75 Å². The predicted molar refractivity (Wildman–Crippen MR) is 77.7 cm³/mol. The molecule has 0 aliphatic heterocycles. The lowest BCUT2D eigenvalue weighted by Gasteiger charge is -2.11. The highest BCUT2D eigenvalue weighted by Crippen LogP contribution is 2.15. The number of rotatable bonds is 6. The van der Waals surface area contributed by atoms with Crippen LogP contribution in [0.5, 0.6) is 0 Å². The minimum absolute atomic E-state index is 0.0976. The zero-order valence-corrected chi connectivity index (χ0v) is 12.6. The molecule has 2 unspecified atom stereocenters. The van der Waals surface area contributed by atoms with E-state index in [2.05, 4.69) is 13.8 Å². The summed E-state index contributed by atoms with van der Waals surface area (Å²) >= 11 is 5.85. The maximum absolute atomic E-state index is 12.1. The smallest absolute Gasteiger partial charge is 0.178 e. The van der Waals surface area contributed by atoms with Gasteiger partial charge < -0.3 is 0 Å². The van der Waals surface area contributed by atoms with E-state index >= 15 is 0 Å². The molecular weight excluding hydrogens is 268 g/mol. The summed E-state index contributed by atoms with van der Waals surface area (Å²) in [6.07, 6.45) is 0.875. The fraction of sp³-hybridized carbons (Fsp3) is 0.500. The maximum Gasteiger partial charge on any atom is 0.178 e. The predicted octanol–water partition coefficient (Wildman–Crippen LogP) is 3.71. The van der Waals surface area contributed by atoms with Gasteiger partial charge in [-0.25, -0.2) is 0 Å². The van der Waals surface area contributed by atoms with Gasteiger partial charge in [0.05, 0.1) is 5.25 Å². The van der Waals surface area contributed by atoms with E-state index in [0.717, 1.165) is 6.42 Å². The molecule has 0 aromatic heterocycles. The van der Waals surface area contributed by atoms with Gasteiger partial charge in [0.2, 0.25) is 0 Å². The van der Waals surface area contributed by atoms with Crippen LogP contribution in [0.1, 0.15) is 37.6 Å². The number of hydrogen-bond donors (Lipinski definition) is 0. The standard InChI is InChI=1S/C14H19ClO2S/c1-10(2)7-8-18(17)11(3)14(16)12-5-4-6-13(15)9-12/h4-6,9-11H,7-8H2,1-3H3. The lowest BCUT2D eigenvalue weighted by Crippen LogP contribution is -2.25. The number of carbonyl (C=O) groups is 1. The second-order valence-corrected chi connectivity index (χ2v) is 7.10. The Morgan fingerprint density at radius 1 is 1.33 bits per heavy atom. The second kappa shape index (κ2) is 7.05. The van der Waals surface area contributed by atoms with Crippen molar-refractivity contribution in [2.24, 2.45) is 5.92 Å². The van der Waals surface area contributed by atoms with Gasteiger partial charge in [0.1, 0.15) is 0 Å². The number of hydrogen-bond acceptors (Lipinski definition) is 2. The number of Topliss-reactive ketones (excluding diaryl/α,β-unsaturated/α-hetero) is 1. The summed E-state index contributed by atoms with van der Waals surface area (Å²) < 4.78 is 12.0. The van der Waals surface area contributed by atoms with Crippen LogP contribution in [0.2, 0.25) is 5.02 Å². The highest BCUT2D eigenvalue weighted by molar-refractivity contribution is 7.86. The molecular formula is C14H19ClO2S. The summed E-state index contributed by atoms with van der Waals surface area (Å²) in [5.41, 5.74) is 0.535. The molecule has 0 spiro atoms. The lowest BCUT2D eigenvalue weighted by molar-refractivity contribution is 0.0992. The first kappa shape index (κ1) is 15.4. The maximum atomic E-state index is 12.1. The largest absolute Gasteiger partial charge is 0.293 e. The normalized spacial score (nSPS) is 14.5. The molecule has 0 aliphatic rings. The fourth-order valence-corrected chi connectivity index (χ4v) is 3.15. The molecule has 1 aromatic rings. The summed E-state index contributed by atoms with van der Waals surface area (Å²) in [4.78, 5) is 12.1. The van der Waals surface area contributed by atoms with Crippen LogP contribution in [-0.4, -0.2) is 21.0 Å². The molecule has 1 aromatic carbocycles. The molecule has 0 amide bonds. The number of benzene rings is 1. The molecule has 100 valence electrons. The Balaban J connectivity index is 2.69. The van der Waals surface area contributed by atoms with Crippen LogP contribution in [0.15, 0.2) is 24.3 Å². The van der Waals surface area contributed by atoms with Crippen molar-refractivity contribution in [3.63, 3.8) is 0 Å². The SMILES string of the molecule is CC(C)CCS(=O)C(C)C(=O)c1cccc(Cl)c1. The first-order valence-corrected chi connectivity index (χ1v) is 7.84. The molecule has 0 N–H and O–H groups in total. The Morgan fingerprint density at radius 2 is 2.00 bits per heavy atom. The average Bonchev–Trinajstić information content (AvgIpc) is 2.34. The van der Waals surface area contributed by atoms with Crippen molar-refractivity contribution >= 4 is 28.2 Å². The molecule has 18 heavy (non-hydrogen) atoms. The van der Waals surface area contributed by atoms with E-state index in [1.165, 1.54) is 0 Å². The Kier molecular flexibility index (Phi) is 6.03. The topological polar surface area (TPSA) is 34.1 Å². The van der Waals surface area contributed by atoms with E-state index in [1.54, 1.807) is 31.2 Å². The third-order valence-electron chi connectivity index (χ3n) is 2.77. The van der Waals surface area contributed by atoms with Gasteiger partial charge in [-0.05, 0) is 31.4 Å². The van der Waals surface area contributed by atoms with Gasteiger partial charge in [-0.2, -0.15) is 0 Å². The molecule has 2 atom stereocenters. The van der Waals surface area contributed by atoms with Gasteiger partial charge in [-0.3, -0.25) is 9.00 Å². The van der Waals surface area contributed by atoms with E-state index in [1.807, 2.05) is 0 Å². The zero-order valence-electron chi connectivity index (χ0n) is 11.0. The van der Waals surface area contributed by atoms with Gasteiger partial charge in [0, 0.05) is 27.1 Å². The monoisotopic (exact) mass is 286 g/mol. The molecule has 0 saturated heterocycles. The Labute approximate surface area is 116 Å². The molecule has 0 heterocycles. The van der Waals surface area contributed by atoms with Crippen LogP contribution in [0.25, 0.3) is 0 Å². The summed E-state index contributed by atoms with van der Waals surface area (Å²) in [5, 5.41) is 0.0585. The Morgan fingerprint density at radius 3 is 2.56 bits per heavy atom. The number of carbonyl (C=O) groups excluding carboxylic acids is 1. The number of ketones is 1. The Hall–Kier alpha value is -0.670. The van der Waals surface area contributed by atoms with Gasteiger partial charge in [0.25, 0.3) is 0 Å². The summed E-state index contributed by atoms with van der Waals surface area (Å²) in [6, 6.07) is 6.79. The van der Waals surface area contributed by atoms with E-state index in [9.17, 15) is 9.00 Å². The average molecular weight is 287 g/mol. The van der Waals surface area contributed by atoms with Crippen molar-refractivity contribution in [3.8, 4) is 0 Å². The molecule has 0 radical (unpaired) electrons. The zero-order chi connectivity index (χ0) is 13.7. The summed E-state index contributed by atoms with van der Waals surface area (Å²) in [6.45, 7) is 5.89. The first-order chi connectivity index (χ1) is 8.41. The lowest BCUT2D eigenvalue weighted by atomic mass is 10.1. The van der Waals surface area contributed by atoms with E-state index in [-0.39, 0.29) is 5.78 Å².